The Labute approximate surface area is 156 Å². The lowest BCUT2D eigenvalue weighted by Crippen LogP contribution is -2.41. The van der Waals surface area contributed by atoms with Crippen molar-refractivity contribution >= 4 is 10.0 Å². The third kappa shape index (κ3) is 4.53. The predicted molar refractivity (Wildman–Crippen MR) is 103 cm³/mol. The highest BCUT2D eigenvalue weighted by molar-refractivity contribution is 7.89. The number of benzene rings is 2. The largest absolute Gasteiger partial charge is 0.376 e. The number of hydrogen-bond donors (Lipinski definition) is 0. The van der Waals surface area contributed by atoms with E-state index in [9.17, 15) is 8.42 Å². The summed E-state index contributed by atoms with van der Waals surface area (Å²) in [5.41, 5.74) is 2.91. The molecule has 0 bridgehead atoms. The van der Waals surface area contributed by atoms with Gasteiger partial charge in [0.2, 0.25) is 10.0 Å². The molecule has 0 N–H and O–H groups in total. The smallest absolute Gasteiger partial charge is 0.243 e. The lowest BCUT2D eigenvalue weighted by atomic mass is 10.0. The zero-order valence-electron chi connectivity index (χ0n) is 15.5. The summed E-state index contributed by atoms with van der Waals surface area (Å²) in [6.45, 7) is 6.07. The van der Waals surface area contributed by atoms with Crippen LogP contribution in [0.5, 0.6) is 0 Å². The highest BCUT2D eigenvalue weighted by Gasteiger charge is 2.31. The monoisotopic (exact) mass is 373 g/mol. The molecule has 3 rings (SSSR count). The number of sulfonamides is 1. The number of aryl methyl sites for hydroxylation is 2. The molecule has 1 saturated heterocycles. The molecule has 1 heterocycles. The number of piperidine rings is 1. The van der Waals surface area contributed by atoms with E-state index in [4.69, 9.17) is 4.74 Å². The molecule has 0 radical (unpaired) electrons. The van der Waals surface area contributed by atoms with Gasteiger partial charge < -0.3 is 4.74 Å². The van der Waals surface area contributed by atoms with Crippen LogP contribution in [-0.2, 0) is 21.4 Å². The second-order valence-corrected chi connectivity index (χ2v) is 9.05. The third-order valence-corrected chi connectivity index (χ3v) is 6.92. The van der Waals surface area contributed by atoms with Crippen LogP contribution in [0.1, 0.15) is 29.5 Å². The van der Waals surface area contributed by atoms with Gasteiger partial charge in [-0.1, -0.05) is 42.5 Å². The number of rotatable bonds is 6. The van der Waals surface area contributed by atoms with Crippen LogP contribution in [0.15, 0.2) is 53.4 Å². The SMILES string of the molecule is Cc1ccc(C)c(S(=O)(=O)N2CCCC(COCc3ccccc3)C2)c1. The minimum absolute atomic E-state index is 0.243. The Morgan fingerprint density at radius 3 is 2.65 bits per heavy atom. The van der Waals surface area contributed by atoms with E-state index >= 15 is 0 Å². The summed E-state index contributed by atoms with van der Waals surface area (Å²) in [7, 11) is -3.45. The lowest BCUT2D eigenvalue weighted by Gasteiger charge is -2.32. The van der Waals surface area contributed by atoms with Gasteiger partial charge in [-0.25, -0.2) is 8.42 Å². The van der Waals surface area contributed by atoms with E-state index in [-0.39, 0.29) is 5.92 Å². The van der Waals surface area contributed by atoms with E-state index in [0.29, 0.717) is 31.2 Å². The first kappa shape index (κ1) is 19.1. The Morgan fingerprint density at radius 1 is 1.12 bits per heavy atom. The van der Waals surface area contributed by atoms with Crippen molar-refractivity contribution in [2.75, 3.05) is 19.7 Å². The second-order valence-electron chi connectivity index (χ2n) is 7.14. The summed E-state index contributed by atoms with van der Waals surface area (Å²) in [5, 5.41) is 0. The van der Waals surface area contributed by atoms with Crippen LogP contribution < -0.4 is 0 Å². The summed E-state index contributed by atoms with van der Waals surface area (Å²) in [6.07, 6.45) is 1.89. The molecule has 0 spiro atoms. The molecule has 1 aliphatic rings. The molecule has 0 saturated carbocycles. The van der Waals surface area contributed by atoms with Gasteiger partial charge in [0.15, 0.2) is 0 Å². The average molecular weight is 374 g/mol. The molecule has 0 aromatic heterocycles. The van der Waals surface area contributed by atoms with Crippen molar-refractivity contribution in [3.63, 3.8) is 0 Å². The van der Waals surface area contributed by atoms with E-state index in [2.05, 4.69) is 0 Å². The Hall–Kier alpha value is -1.69. The van der Waals surface area contributed by atoms with E-state index in [1.807, 2.05) is 56.3 Å². The molecule has 1 unspecified atom stereocenters. The van der Waals surface area contributed by atoms with Gasteiger partial charge in [-0.05, 0) is 55.4 Å². The maximum atomic E-state index is 13.1. The van der Waals surface area contributed by atoms with Crippen LogP contribution in [0, 0.1) is 19.8 Å². The first-order chi connectivity index (χ1) is 12.5. The van der Waals surface area contributed by atoms with Crippen LogP contribution in [0.2, 0.25) is 0 Å². The van der Waals surface area contributed by atoms with E-state index in [1.54, 1.807) is 10.4 Å². The van der Waals surface area contributed by atoms with Gasteiger partial charge in [0.1, 0.15) is 0 Å². The molecular weight excluding hydrogens is 346 g/mol. The summed E-state index contributed by atoms with van der Waals surface area (Å²) < 4.78 is 33.7. The van der Waals surface area contributed by atoms with Gasteiger partial charge in [0.25, 0.3) is 0 Å². The summed E-state index contributed by atoms with van der Waals surface area (Å²) >= 11 is 0. The first-order valence-electron chi connectivity index (χ1n) is 9.16. The molecule has 26 heavy (non-hydrogen) atoms. The van der Waals surface area contributed by atoms with Crippen LogP contribution in [-0.4, -0.2) is 32.4 Å². The molecule has 1 atom stereocenters. The standard InChI is InChI=1S/C21H27NO3S/c1-17-10-11-18(2)21(13-17)26(23,24)22-12-6-9-20(14-22)16-25-15-19-7-4-3-5-8-19/h3-5,7-8,10-11,13,20H,6,9,12,14-16H2,1-2H3. The van der Waals surface area contributed by atoms with Gasteiger partial charge in [0, 0.05) is 13.1 Å². The molecule has 2 aromatic rings. The molecule has 1 aliphatic heterocycles. The zero-order valence-corrected chi connectivity index (χ0v) is 16.3. The topological polar surface area (TPSA) is 46.6 Å². The Balaban J connectivity index is 1.63. The first-order valence-corrected chi connectivity index (χ1v) is 10.6. The summed E-state index contributed by atoms with van der Waals surface area (Å²) in [5.74, 6) is 0.243. The average Bonchev–Trinajstić information content (AvgIpc) is 2.65. The summed E-state index contributed by atoms with van der Waals surface area (Å²) in [4.78, 5) is 0.434. The predicted octanol–water partition coefficient (Wildman–Crippen LogP) is 3.92. The van der Waals surface area contributed by atoms with Crippen LogP contribution in [0.4, 0.5) is 0 Å². The molecule has 0 amide bonds. The Morgan fingerprint density at radius 2 is 1.88 bits per heavy atom. The number of nitrogens with zero attached hydrogens (tertiary/aromatic N) is 1. The molecule has 4 nitrogen and oxygen atoms in total. The zero-order chi connectivity index (χ0) is 18.6. The molecule has 0 aliphatic carbocycles. The molecule has 5 heteroatoms. The fourth-order valence-corrected chi connectivity index (χ4v) is 5.29. The molecule has 140 valence electrons. The minimum Gasteiger partial charge on any atom is -0.376 e. The van der Waals surface area contributed by atoms with Crippen LogP contribution in [0.3, 0.4) is 0 Å². The second kappa shape index (κ2) is 8.33. The van der Waals surface area contributed by atoms with Crippen LogP contribution >= 0.6 is 0 Å². The summed E-state index contributed by atoms with van der Waals surface area (Å²) in [6, 6.07) is 15.7. The van der Waals surface area contributed by atoms with Crippen molar-refractivity contribution in [2.45, 2.75) is 38.2 Å². The maximum Gasteiger partial charge on any atom is 0.243 e. The van der Waals surface area contributed by atoms with Gasteiger partial charge in [-0.3, -0.25) is 0 Å². The Kier molecular flexibility index (Phi) is 6.12. The van der Waals surface area contributed by atoms with E-state index in [1.165, 1.54) is 0 Å². The number of ether oxygens (including phenoxy) is 1. The van der Waals surface area contributed by atoms with Crippen molar-refractivity contribution in [2.24, 2.45) is 5.92 Å². The number of hydrogen-bond acceptors (Lipinski definition) is 3. The van der Waals surface area contributed by atoms with Gasteiger partial charge in [-0.15, -0.1) is 0 Å². The van der Waals surface area contributed by atoms with Crippen molar-refractivity contribution in [3.8, 4) is 0 Å². The minimum atomic E-state index is -3.45. The quantitative estimate of drug-likeness (QED) is 0.771. The highest BCUT2D eigenvalue weighted by Crippen LogP contribution is 2.26. The molecule has 2 aromatic carbocycles. The van der Waals surface area contributed by atoms with Gasteiger partial charge >= 0.3 is 0 Å². The lowest BCUT2D eigenvalue weighted by molar-refractivity contribution is 0.0672. The van der Waals surface area contributed by atoms with E-state index in [0.717, 1.165) is 29.5 Å². The van der Waals surface area contributed by atoms with Gasteiger partial charge in [-0.2, -0.15) is 4.31 Å². The molecule has 1 fully saturated rings. The van der Waals surface area contributed by atoms with Crippen molar-refractivity contribution in [1.82, 2.24) is 4.31 Å². The van der Waals surface area contributed by atoms with Crippen molar-refractivity contribution in [1.29, 1.82) is 0 Å². The maximum absolute atomic E-state index is 13.1. The van der Waals surface area contributed by atoms with Crippen LogP contribution in [0.25, 0.3) is 0 Å². The Bertz CT molecular complexity index is 834. The highest BCUT2D eigenvalue weighted by atomic mass is 32.2. The van der Waals surface area contributed by atoms with Crippen molar-refractivity contribution in [3.05, 3.63) is 65.2 Å². The molecular formula is C21H27NO3S. The van der Waals surface area contributed by atoms with E-state index < -0.39 is 10.0 Å². The van der Waals surface area contributed by atoms with Gasteiger partial charge in [0.05, 0.1) is 18.1 Å². The fourth-order valence-electron chi connectivity index (χ4n) is 3.42. The fraction of sp³-hybridized carbons (Fsp3) is 0.429. The van der Waals surface area contributed by atoms with Crippen molar-refractivity contribution < 1.29 is 13.2 Å². The third-order valence-electron chi connectivity index (χ3n) is 4.91. The normalized spacial score (nSPS) is 18.8.